The number of hydrogen-bond acceptors (Lipinski definition) is 5. The molecule has 2 rings (SSSR count). The zero-order valence-electron chi connectivity index (χ0n) is 14.3. The average Bonchev–Trinajstić information content (AvgIpc) is 2.53. The molecule has 0 spiro atoms. The summed E-state index contributed by atoms with van der Waals surface area (Å²) in [6, 6.07) is 6.12. The molecule has 1 aromatic carbocycles. The average molecular weight is 389 g/mol. The van der Waals surface area contributed by atoms with Crippen LogP contribution in [0.15, 0.2) is 36.7 Å². The highest BCUT2D eigenvalue weighted by atomic mass is 35.5. The normalized spacial score (nSPS) is 13.5. The Hall–Kier alpha value is -2.19. The number of fused-ring (bicyclic) bond motifs is 1. The zero-order valence-corrected chi connectivity index (χ0v) is 15.1. The second-order valence-electron chi connectivity index (χ2n) is 6.06. The van der Waals surface area contributed by atoms with Crippen LogP contribution in [0.2, 0.25) is 5.02 Å². The molecule has 1 atom stereocenters. The molecule has 0 saturated heterocycles. The summed E-state index contributed by atoms with van der Waals surface area (Å²) < 4.78 is 41.8. The first kappa shape index (κ1) is 20.1. The number of hydrogen-bond donors (Lipinski definition) is 2. The summed E-state index contributed by atoms with van der Waals surface area (Å²) >= 11 is 6.18. The molecule has 0 aliphatic rings. The van der Waals surface area contributed by atoms with Gasteiger partial charge in [0.25, 0.3) is 0 Å². The molecule has 0 saturated carbocycles. The van der Waals surface area contributed by atoms with E-state index in [1.54, 1.807) is 18.2 Å². The monoisotopic (exact) mass is 388 g/mol. The summed E-state index contributed by atoms with van der Waals surface area (Å²) in [6.07, 6.45) is -1.57. The molecule has 1 unspecified atom stereocenters. The molecule has 142 valence electrons. The molecule has 5 nitrogen and oxygen atoms in total. The molecule has 26 heavy (non-hydrogen) atoms. The van der Waals surface area contributed by atoms with Gasteiger partial charge in [0.1, 0.15) is 5.75 Å². The molecular formula is C17H20ClF3N4O. The van der Waals surface area contributed by atoms with Crippen LogP contribution >= 0.6 is 11.6 Å². The third kappa shape index (κ3) is 4.70. The van der Waals surface area contributed by atoms with Crippen LogP contribution in [-0.2, 0) is 0 Å². The molecule has 1 heterocycles. The van der Waals surface area contributed by atoms with E-state index in [9.17, 15) is 13.2 Å². The second-order valence-corrected chi connectivity index (χ2v) is 6.44. The number of alkyl halides is 3. The lowest BCUT2D eigenvalue weighted by Crippen LogP contribution is -2.34. The van der Waals surface area contributed by atoms with Gasteiger partial charge in [0, 0.05) is 17.8 Å². The number of aromatic nitrogens is 1. The molecule has 2 aromatic rings. The molecule has 9 heteroatoms. The fourth-order valence-corrected chi connectivity index (χ4v) is 2.91. The minimum atomic E-state index is -4.44. The van der Waals surface area contributed by atoms with Gasteiger partial charge in [0.15, 0.2) is 6.61 Å². The number of hydrazine groups is 1. The van der Waals surface area contributed by atoms with E-state index in [2.05, 4.69) is 4.98 Å². The van der Waals surface area contributed by atoms with Crippen molar-refractivity contribution in [2.45, 2.75) is 26.1 Å². The Morgan fingerprint density at radius 1 is 1.27 bits per heavy atom. The quantitative estimate of drug-likeness (QED) is 0.574. The Balaban J connectivity index is 2.39. The number of pyridine rings is 1. The Morgan fingerprint density at radius 3 is 2.54 bits per heavy atom. The van der Waals surface area contributed by atoms with Gasteiger partial charge in [-0.15, -0.1) is 0 Å². The summed E-state index contributed by atoms with van der Waals surface area (Å²) in [5.41, 5.74) is 6.62. The van der Waals surface area contributed by atoms with Gasteiger partial charge in [0.05, 0.1) is 22.3 Å². The SMILES string of the molecule is CC(C)C(c1ccc2c(Cl)c(OCC(F)(F)F)ccc2n1)N(N)/C=C\N. The van der Waals surface area contributed by atoms with Crippen LogP contribution in [0.4, 0.5) is 13.2 Å². The summed E-state index contributed by atoms with van der Waals surface area (Å²) in [5.74, 6) is 6.10. The highest BCUT2D eigenvalue weighted by Gasteiger charge is 2.29. The van der Waals surface area contributed by atoms with E-state index in [-0.39, 0.29) is 22.7 Å². The van der Waals surface area contributed by atoms with Gasteiger partial charge >= 0.3 is 6.18 Å². The maximum atomic E-state index is 12.3. The summed E-state index contributed by atoms with van der Waals surface area (Å²) in [7, 11) is 0. The second kappa shape index (κ2) is 8.01. The summed E-state index contributed by atoms with van der Waals surface area (Å²) in [5, 5.41) is 2.04. The number of ether oxygens (including phenoxy) is 1. The Morgan fingerprint density at radius 2 is 1.96 bits per heavy atom. The number of nitrogens with two attached hydrogens (primary N) is 2. The van der Waals surface area contributed by atoms with Crippen molar-refractivity contribution in [3.63, 3.8) is 0 Å². The van der Waals surface area contributed by atoms with Gasteiger partial charge in [-0.05, 0) is 30.2 Å². The first-order valence-corrected chi connectivity index (χ1v) is 8.22. The maximum absolute atomic E-state index is 12.3. The fraction of sp³-hybridized carbons (Fsp3) is 0.353. The Labute approximate surface area is 154 Å². The van der Waals surface area contributed by atoms with Crippen LogP contribution in [0.25, 0.3) is 10.9 Å². The molecule has 0 aliphatic carbocycles. The van der Waals surface area contributed by atoms with Crippen molar-refractivity contribution >= 4 is 22.5 Å². The van der Waals surface area contributed by atoms with Crippen molar-refractivity contribution in [3.8, 4) is 5.75 Å². The lowest BCUT2D eigenvalue weighted by molar-refractivity contribution is -0.153. The number of benzene rings is 1. The predicted molar refractivity (Wildman–Crippen MR) is 95.2 cm³/mol. The lowest BCUT2D eigenvalue weighted by Gasteiger charge is -2.29. The fourth-order valence-electron chi connectivity index (χ4n) is 2.63. The van der Waals surface area contributed by atoms with Crippen LogP contribution in [0.3, 0.4) is 0 Å². The van der Waals surface area contributed by atoms with Gasteiger partial charge in [0.2, 0.25) is 0 Å². The van der Waals surface area contributed by atoms with E-state index in [1.165, 1.54) is 23.5 Å². The van der Waals surface area contributed by atoms with Crippen LogP contribution < -0.4 is 16.3 Å². The topological polar surface area (TPSA) is 77.4 Å². The van der Waals surface area contributed by atoms with Crippen LogP contribution in [0.5, 0.6) is 5.75 Å². The molecule has 4 N–H and O–H groups in total. The van der Waals surface area contributed by atoms with Gasteiger partial charge < -0.3 is 15.5 Å². The number of nitrogens with zero attached hydrogens (tertiary/aromatic N) is 2. The lowest BCUT2D eigenvalue weighted by atomic mass is 9.99. The first-order valence-electron chi connectivity index (χ1n) is 7.84. The number of halogens is 4. The predicted octanol–water partition coefficient (Wildman–Crippen LogP) is 4.13. The Kier molecular flexibility index (Phi) is 6.20. The maximum Gasteiger partial charge on any atom is 0.422 e. The van der Waals surface area contributed by atoms with Crippen molar-refractivity contribution in [3.05, 3.63) is 47.4 Å². The van der Waals surface area contributed by atoms with E-state index >= 15 is 0 Å². The van der Waals surface area contributed by atoms with Gasteiger partial charge in [-0.25, -0.2) is 5.84 Å². The smallest absolute Gasteiger partial charge is 0.422 e. The summed E-state index contributed by atoms with van der Waals surface area (Å²) in [4.78, 5) is 4.55. The molecule has 0 fully saturated rings. The minimum absolute atomic E-state index is 0.0435. The summed E-state index contributed by atoms with van der Waals surface area (Å²) in [6.45, 7) is 2.57. The molecule has 0 amide bonds. The Bertz CT molecular complexity index is 795. The van der Waals surface area contributed by atoms with Crippen molar-refractivity contribution in [1.82, 2.24) is 9.99 Å². The van der Waals surface area contributed by atoms with Crippen LogP contribution in [0.1, 0.15) is 25.6 Å². The van der Waals surface area contributed by atoms with Gasteiger partial charge in [-0.3, -0.25) is 4.98 Å². The standard InChI is InChI=1S/C17H20ClF3N4O/c1-10(2)16(25(23)8-7-22)13-4-3-11-12(24-13)5-6-14(15(11)18)26-9-17(19,20)21/h3-8,10,16H,9,22-23H2,1-2H3/b8-7-. The molecule has 0 radical (unpaired) electrons. The third-order valence-electron chi connectivity index (χ3n) is 3.70. The van der Waals surface area contributed by atoms with E-state index in [0.29, 0.717) is 16.6 Å². The van der Waals surface area contributed by atoms with E-state index in [0.717, 1.165) is 0 Å². The molecule has 0 bridgehead atoms. The highest BCUT2D eigenvalue weighted by Crippen LogP contribution is 2.35. The highest BCUT2D eigenvalue weighted by molar-refractivity contribution is 6.36. The largest absolute Gasteiger partial charge is 0.483 e. The van der Waals surface area contributed by atoms with Gasteiger partial charge in [-0.1, -0.05) is 25.4 Å². The van der Waals surface area contributed by atoms with Crippen LogP contribution in [0, 0.1) is 5.92 Å². The minimum Gasteiger partial charge on any atom is -0.483 e. The molecule has 1 aromatic heterocycles. The van der Waals surface area contributed by atoms with Crippen molar-refractivity contribution in [1.29, 1.82) is 0 Å². The van der Waals surface area contributed by atoms with Gasteiger partial charge in [-0.2, -0.15) is 13.2 Å². The van der Waals surface area contributed by atoms with Crippen molar-refractivity contribution in [2.75, 3.05) is 6.61 Å². The van der Waals surface area contributed by atoms with Crippen molar-refractivity contribution < 1.29 is 17.9 Å². The van der Waals surface area contributed by atoms with Crippen molar-refractivity contribution in [2.24, 2.45) is 17.5 Å². The van der Waals surface area contributed by atoms with E-state index in [4.69, 9.17) is 27.9 Å². The van der Waals surface area contributed by atoms with Crippen LogP contribution in [-0.4, -0.2) is 22.8 Å². The van der Waals surface area contributed by atoms with E-state index in [1.807, 2.05) is 13.8 Å². The third-order valence-corrected chi connectivity index (χ3v) is 4.09. The zero-order chi connectivity index (χ0) is 19.5. The first-order chi connectivity index (χ1) is 12.1. The molecular weight excluding hydrogens is 369 g/mol. The van der Waals surface area contributed by atoms with E-state index < -0.39 is 12.8 Å². The molecule has 0 aliphatic heterocycles. The number of rotatable bonds is 6.